The van der Waals surface area contributed by atoms with Gasteiger partial charge in [0, 0.05) is 17.2 Å². The van der Waals surface area contributed by atoms with Crippen molar-refractivity contribution in [3.8, 4) is 40.1 Å². The van der Waals surface area contributed by atoms with Crippen LogP contribution in [0.1, 0.15) is 5.56 Å². The second-order valence-corrected chi connectivity index (χ2v) is 7.59. The van der Waals surface area contributed by atoms with Crippen molar-refractivity contribution in [1.29, 1.82) is 0 Å². The minimum absolute atomic E-state index is 0.239. The monoisotopic (exact) mass is 455 g/mol. The molecule has 166 valence electrons. The molecule has 0 N–H and O–H groups in total. The number of ether oxygens (including phenoxy) is 5. The van der Waals surface area contributed by atoms with Gasteiger partial charge in [0.2, 0.25) is 10.7 Å². The summed E-state index contributed by atoms with van der Waals surface area (Å²) in [7, 11) is 7.73. The minimum atomic E-state index is -0.239. The maximum atomic E-state index is 13.3. The van der Waals surface area contributed by atoms with Gasteiger partial charge in [0.05, 0.1) is 40.1 Å². The van der Waals surface area contributed by atoms with Crippen LogP contribution in [0.4, 0.5) is 0 Å². The molecule has 4 rings (SSSR count). The Hall–Kier alpha value is -3.79. The molecule has 0 saturated heterocycles. The molecule has 0 aliphatic carbocycles. The predicted octanol–water partition coefficient (Wildman–Crippen LogP) is 2.41. The van der Waals surface area contributed by atoms with Gasteiger partial charge in [0.15, 0.2) is 17.3 Å². The molecular formula is C22H21N3O6S. The van der Waals surface area contributed by atoms with Gasteiger partial charge in [-0.2, -0.15) is 0 Å². The number of hydrogen-bond acceptors (Lipinski definition) is 9. The maximum Gasteiger partial charge on any atom is 0.276 e. The molecule has 0 amide bonds. The second kappa shape index (κ2) is 8.75. The SMILES string of the molecule is COc1ccc(/C=c2/sc3nnc(-c4cc(OC)c(OC)c(OC)c4)n3c2=O)c(OC)c1. The van der Waals surface area contributed by atoms with Crippen LogP contribution in [0.3, 0.4) is 0 Å². The molecule has 0 fully saturated rings. The first-order chi connectivity index (χ1) is 15.5. The van der Waals surface area contributed by atoms with Crippen molar-refractivity contribution in [3.63, 3.8) is 0 Å². The molecule has 2 aromatic heterocycles. The van der Waals surface area contributed by atoms with Crippen molar-refractivity contribution < 1.29 is 23.7 Å². The maximum absolute atomic E-state index is 13.3. The van der Waals surface area contributed by atoms with Gasteiger partial charge >= 0.3 is 0 Å². The molecule has 32 heavy (non-hydrogen) atoms. The van der Waals surface area contributed by atoms with Crippen molar-refractivity contribution >= 4 is 22.4 Å². The average Bonchev–Trinajstić information content (AvgIpc) is 3.38. The van der Waals surface area contributed by atoms with E-state index < -0.39 is 0 Å². The summed E-state index contributed by atoms with van der Waals surface area (Å²) >= 11 is 1.24. The van der Waals surface area contributed by atoms with Crippen LogP contribution in [0.2, 0.25) is 0 Å². The van der Waals surface area contributed by atoms with Crippen LogP contribution in [0.25, 0.3) is 22.4 Å². The summed E-state index contributed by atoms with van der Waals surface area (Å²) in [5.41, 5.74) is 1.12. The third kappa shape index (κ3) is 3.58. The quantitative estimate of drug-likeness (QED) is 0.420. The standard InChI is InChI=1S/C22H21N3O6S/c1-27-14-7-6-12(15(11-14)28-2)10-18-21(26)25-20(23-24-22(25)32-18)13-8-16(29-3)19(31-5)17(9-13)30-4/h6-11H,1-5H3/b18-10+. The highest BCUT2D eigenvalue weighted by Crippen LogP contribution is 2.40. The Morgan fingerprint density at radius 2 is 1.53 bits per heavy atom. The third-order valence-electron chi connectivity index (χ3n) is 4.90. The molecule has 0 saturated carbocycles. The minimum Gasteiger partial charge on any atom is -0.497 e. The van der Waals surface area contributed by atoms with E-state index in [2.05, 4.69) is 10.2 Å². The fourth-order valence-electron chi connectivity index (χ4n) is 3.34. The number of nitrogens with zero attached hydrogens (tertiary/aromatic N) is 3. The molecule has 0 bridgehead atoms. The molecule has 10 heteroatoms. The molecule has 0 atom stereocenters. The van der Waals surface area contributed by atoms with Crippen LogP contribution >= 0.6 is 11.3 Å². The Morgan fingerprint density at radius 3 is 2.12 bits per heavy atom. The first-order valence-electron chi connectivity index (χ1n) is 9.46. The molecule has 9 nitrogen and oxygen atoms in total. The van der Waals surface area contributed by atoms with Crippen molar-refractivity contribution in [2.45, 2.75) is 0 Å². The van der Waals surface area contributed by atoms with Crippen molar-refractivity contribution in [2.24, 2.45) is 0 Å². The highest BCUT2D eigenvalue weighted by atomic mass is 32.1. The van der Waals surface area contributed by atoms with E-state index in [1.807, 2.05) is 6.07 Å². The summed E-state index contributed by atoms with van der Waals surface area (Å²) in [5, 5.41) is 8.40. The van der Waals surface area contributed by atoms with E-state index in [1.54, 1.807) is 44.6 Å². The van der Waals surface area contributed by atoms with Crippen LogP contribution in [0, 0.1) is 0 Å². The zero-order valence-corrected chi connectivity index (χ0v) is 19.0. The Kier molecular flexibility index (Phi) is 5.87. The van der Waals surface area contributed by atoms with Crippen LogP contribution in [0.5, 0.6) is 28.7 Å². The highest BCUT2D eigenvalue weighted by Gasteiger charge is 2.19. The van der Waals surface area contributed by atoms with Crippen LogP contribution in [-0.2, 0) is 0 Å². The molecule has 0 radical (unpaired) electrons. The van der Waals surface area contributed by atoms with Gasteiger partial charge in [-0.15, -0.1) is 10.2 Å². The van der Waals surface area contributed by atoms with E-state index in [4.69, 9.17) is 23.7 Å². The zero-order valence-electron chi connectivity index (χ0n) is 18.2. The number of rotatable bonds is 7. The lowest BCUT2D eigenvalue weighted by molar-refractivity contribution is 0.324. The summed E-state index contributed by atoms with van der Waals surface area (Å²) in [4.78, 5) is 13.7. The summed E-state index contributed by atoms with van der Waals surface area (Å²) in [6.45, 7) is 0. The summed E-state index contributed by atoms with van der Waals surface area (Å²) in [6.07, 6.45) is 1.76. The molecule has 0 aliphatic heterocycles. The summed E-state index contributed by atoms with van der Waals surface area (Å²) < 4.78 is 28.8. The lowest BCUT2D eigenvalue weighted by Gasteiger charge is -2.13. The zero-order chi connectivity index (χ0) is 22.8. The lowest BCUT2D eigenvalue weighted by atomic mass is 10.1. The van der Waals surface area contributed by atoms with Gasteiger partial charge in [-0.1, -0.05) is 11.3 Å². The first-order valence-corrected chi connectivity index (χ1v) is 10.3. The second-order valence-electron chi connectivity index (χ2n) is 6.58. The van der Waals surface area contributed by atoms with Crippen molar-refractivity contribution in [2.75, 3.05) is 35.5 Å². The van der Waals surface area contributed by atoms with Gasteiger partial charge < -0.3 is 23.7 Å². The molecule has 0 unspecified atom stereocenters. The van der Waals surface area contributed by atoms with Crippen LogP contribution < -0.4 is 33.8 Å². The molecule has 0 aliphatic rings. The number of benzene rings is 2. The summed E-state index contributed by atoms with van der Waals surface area (Å²) in [5.74, 6) is 3.00. The van der Waals surface area contributed by atoms with Crippen molar-refractivity contribution in [3.05, 3.63) is 50.8 Å². The molecule has 0 spiro atoms. The predicted molar refractivity (Wildman–Crippen MR) is 121 cm³/mol. The van der Waals surface area contributed by atoms with Gasteiger partial charge in [-0.3, -0.25) is 4.79 Å². The molecule has 2 heterocycles. The van der Waals surface area contributed by atoms with Crippen molar-refractivity contribution in [1.82, 2.24) is 14.6 Å². The highest BCUT2D eigenvalue weighted by molar-refractivity contribution is 7.15. The number of hydrogen-bond donors (Lipinski definition) is 0. The molecular weight excluding hydrogens is 434 g/mol. The third-order valence-corrected chi connectivity index (χ3v) is 5.86. The molecule has 2 aromatic carbocycles. The fourth-order valence-corrected chi connectivity index (χ4v) is 4.24. The van der Waals surface area contributed by atoms with Gasteiger partial charge in [0.25, 0.3) is 5.56 Å². The topological polar surface area (TPSA) is 93.4 Å². The Balaban J connectivity index is 1.89. The van der Waals surface area contributed by atoms with Gasteiger partial charge in [-0.25, -0.2) is 4.40 Å². The number of aromatic nitrogens is 3. The number of methoxy groups -OCH3 is 5. The average molecular weight is 455 g/mol. The largest absolute Gasteiger partial charge is 0.497 e. The lowest BCUT2D eigenvalue weighted by Crippen LogP contribution is -2.23. The van der Waals surface area contributed by atoms with E-state index in [1.165, 1.54) is 37.1 Å². The Labute approximate surface area is 187 Å². The van der Waals surface area contributed by atoms with Crippen LogP contribution in [-0.4, -0.2) is 50.1 Å². The van der Waals surface area contributed by atoms with Gasteiger partial charge in [0.1, 0.15) is 11.5 Å². The number of thiazole rings is 1. The molecule has 4 aromatic rings. The van der Waals surface area contributed by atoms with Gasteiger partial charge in [-0.05, 0) is 30.3 Å². The fraction of sp³-hybridized carbons (Fsp3) is 0.227. The summed E-state index contributed by atoms with van der Waals surface area (Å²) in [6, 6.07) is 8.85. The Bertz CT molecular complexity index is 1370. The van der Waals surface area contributed by atoms with E-state index in [-0.39, 0.29) is 5.56 Å². The van der Waals surface area contributed by atoms with E-state index in [9.17, 15) is 4.79 Å². The van der Waals surface area contributed by atoms with E-state index in [0.717, 1.165) is 5.56 Å². The smallest absolute Gasteiger partial charge is 0.276 e. The normalized spacial score (nSPS) is 11.6. The first kappa shape index (κ1) is 21.4. The number of fused-ring (bicyclic) bond motifs is 1. The van der Waals surface area contributed by atoms with E-state index in [0.29, 0.717) is 49.6 Å². The Morgan fingerprint density at radius 1 is 0.844 bits per heavy atom. The van der Waals surface area contributed by atoms with E-state index >= 15 is 0 Å². The van der Waals surface area contributed by atoms with Crippen LogP contribution in [0.15, 0.2) is 35.1 Å².